The Morgan fingerprint density at radius 3 is 2.48 bits per heavy atom. The number of nitrogens with zero attached hydrogens (tertiary/aromatic N) is 1. The van der Waals surface area contributed by atoms with E-state index in [-0.39, 0.29) is 19.1 Å². The van der Waals surface area contributed by atoms with Crippen molar-refractivity contribution in [2.75, 3.05) is 32.0 Å². The Bertz CT molecular complexity index is 579. The minimum absolute atomic E-state index is 0.247. The smallest absolute Gasteiger partial charge is 0.338 e. The maximum atomic E-state index is 12.2. The van der Waals surface area contributed by atoms with Crippen LogP contribution >= 0.6 is 11.6 Å². The van der Waals surface area contributed by atoms with Gasteiger partial charge >= 0.3 is 12.2 Å². The van der Waals surface area contributed by atoms with Crippen molar-refractivity contribution in [2.45, 2.75) is 39.3 Å². The zero-order valence-corrected chi connectivity index (χ0v) is 15.5. The molecule has 8 heteroatoms. The Hall–Kier alpha value is -1.47. The fourth-order valence-electron chi connectivity index (χ4n) is 2.56. The van der Waals surface area contributed by atoms with Crippen molar-refractivity contribution in [3.05, 3.63) is 28.3 Å². The molecule has 0 saturated heterocycles. The van der Waals surface area contributed by atoms with Gasteiger partial charge in [-0.2, -0.15) is 13.2 Å². The number of amides is 2. The topological polar surface area (TPSA) is 44.4 Å². The van der Waals surface area contributed by atoms with Crippen molar-refractivity contribution < 1.29 is 18.0 Å². The van der Waals surface area contributed by atoms with Gasteiger partial charge in [-0.1, -0.05) is 31.5 Å². The van der Waals surface area contributed by atoms with Crippen molar-refractivity contribution in [3.8, 4) is 0 Å². The van der Waals surface area contributed by atoms with Gasteiger partial charge in [0, 0.05) is 11.6 Å². The van der Waals surface area contributed by atoms with E-state index in [4.69, 9.17) is 11.6 Å². The van der Waals surface area contributed by atoms with Gasteiger partial charge < -0.3 is 10.6 Å². The van der Waals surface area contributed by atoms with Crippen LogP contribution in [0.5, 0.6) is 0 Å². The Morgan fingerprint density at radius 2 is 1.92 bits per heavy atom. The van der Waals surface area contributed by atoms with Crippen LogP contribution in [0.1, 0.15) is 31.4 Å². The average Bonchev–Trinajstić information content (AvgIpc) is 2.50. The molecule has 2 amide bonds. The zero-order chi connectivity index (χ0) is 19.0. The van der Waals surface area contributed by atoms with Crippen molar-refractivity contribution in [1.29, 1.82) is 0 Å². The van der Waals surface area contributed by atoms with Gasteiger partial charge in [0.25, 0.3) is 0 Å². The Labute approximate surface area is 151 Å². The summed E-state index contributed by atoms with van der Waals surface area (Å²) in [6.45, 7) is 3.53. The summed E-state index contributed by atoms with van der Waals surface area (Å²) in [5.41, 5.74) is 2.58. The average molecular weight is 380 g/mol. The van der Waals surface area contributed by atoms with Gasteiger partial charge in [-0.15, -0.1) is 0 Å². The Balaban J connectivity index is 2.51. The molecule has 0 bridgehead atoms. The number of halogens is 4. The van der Waals surface area contributed by atoms with Gasteiger partial charge in [0.1, 0.15) is 0 Å². The Morgan fingerprint density at radius 1 is 1.24 bits per heavy atom. The van der Waals surface area contributed by atoms with E-state index in [0.717, 1.165) is 17.5 Å². The molecule has 0 aliphatic heterocycles. The molecule has 0 radical (unpaired) electrons. The Kier molecular flexibility index (Phi) is 8.52. The SMILES string of the molecule is CCc1ccc(Cl)c(CC)c1NC(=O)NCCCN(C)CC(F)(F)F. The number of benzene rings is 1. The maximum Gasteiger partial charge on any atom is 0.401 e. The van der Waals surface area contributed by atoms with Crippen molar-refractivity contribution in [3.63, 3.8) is 0 Å². The highest BCUT2D eigenvalue weighted by Gasteiger charge is 2.28. The van der Waals surface area contributed by atoms with E-state index in [1.165, 1.54) is 11.9 Å². The second kappa shape index (κ2) is 9.87. The zero-order valence-electron chi connectivity index (χ0n) is 14.8. The third kappa shape index (κ3) is 7.52. The standard InChI is InChI=1S/C17H25ClF3N3O/c1-4-12-7-8-14(18)13(5-2)15(12)23-16(25)22-9-6-10-24(3)11-17(19,20)21/h7-8H,4-6,9-11H2,1-3H3,(H2,22,23,25). The lowest BCUT2D eigenvalue weighted by atomic mass is 10.0. The first-order valence-electron chi connectivity index (χ1n) is 8.28. The predicted molar refractivity (Wildman–Crippen MR) is 95.4 cm³/mol. The summed E-state index contributed by atoms with van der Waals surface area (Å²) in [5.74, 6) is 0. The van der Waals surface area contributed by atoms with E-state index in [0.29, 0.717) is 23.6 Å². The summed E-state index contributed by atoms with van der Waals surface area (Å²) in [4.78, 5) is 13.3. The van der Waals surface area contributed by atoms with Crippen LogP contribution in [0.4, 0.5) is 23.7 Å². The minimum Gasteiger partial charge on any atom is -0.338 e. The predicted octanol–water partition coefficient (Wildman–Crippen LogP) is 4.47. The molecule has 1 rings (SSSR count). The van der Waals surface area contributed by atoms with Gasteiger partial charge in [0.15, 0.2) is 0 Å². The number of nitrogens with one attached hydrogen (secondary N) is 2. The van der Waals surface area contributed by atoms with Crippen LogP contribution < -0.4 is 10.6 Å². The highest BCUT2D eigenvalue weighted by molar-refractivity contribution is 6.31. The molecule has 142 valence electrons. The lowest BCUT2D eigenvalue weighted by Gasteiger charge is -2.19. The number of carbonyl (C=O) groups is 1. The fourth-order valence-corrected chi connectivity index (χ4v) is 2.85. The van der Waals surface area contributed by atoms with E-state index in [2.05, 4.69) is 10.6 Å². The normalized spacial score (nSPS) is 11.7. The summed E-state index contributed by atoms with van der Waals surface area (Å²) < 4.78 is 36.7. The first-order chi connectivity index (χ1) is 11.7. The van der Waals surface area contributed by atoms with Crippen LogP contribution in [-0.4, -0.2) is 43.8 Å². The van der Waals surface area contributed by atoms with Crippen molar-refractivity contribution in [1.82, 2.24) is 10.2 Å². The second-order valence-electron chi connectivity index (χ2n) is 5.85. The molecular formula is C17H25ClF3N3O. The summed E-state index contributed by atoms with van der Waals surface area (Å²) in [6, 6.07) is 3.31. The molecule has 0 saturated carbocycles. The lowest BCUT2D eigenvalue weighted by Crippen LogP contribution is -2.35. The first-order valence-corrected chi connectivity index (χ1v) is 8.66. The molecule has 0 aliphatic carbocycles. The highest BCUT2D eigenvalue weighted by atomic mass is 35.5. The van der Waals surface area contributed by atoms with Crippen LogP contribution in [0.3, 0.4) is 0 Å². The molecule has 2 N–H and O–H groups in total. The van der Waals surface area contributed by atoms with Crippen LogP contribution in [0.25, 0.3) is 0 Å². The van der Waals surface area contributed by atoms with E-state index in [1.807, 2.05) is 26.0 Å². The summed E-state index contributed by atoms with van der Waals surface area (Å²) >= 11 is 6.19. The molecule has 0 unspecified atom stereocenters. The van der Waals surface area contributed by atoms with Crippen LogP contribution in [0.2, 0.25) is 5.02 Å². The third-order valence-corrected chi connectivity index (χ3v) is 4.12. The largest absolute Gasteiger partial charge is 0.401 e. The number of urea groups is 1. The van der Waals surface area contributed by atoms with Crippen molar-refractivity contribution in [2.24, 2.45) is 0 Å². The molecule has 0 heterocycles. The van der Waals surface area contributed by atoms with Gasteiger partial charge in [-0.05, 0) is 50.0 Å². The van der Waals surface area contributed by atoms with Gasteiger partial charge in [-0.3, -0.25) is 4.90 Å². The maximum absolute atomic E-state index is 12.2. The van der Waals surface area contributed by atoms with Crippen LogP contribution in [-0.2, 0) is 12.8 Å². The number of alkyl halides is 3. The minimum atomic E-state index is -4.21. The number of hydrogen-bond donors (Lipinski definition) is 2. The van der Waals surface area contributed by atoms with Gasteiger partial charge in [0.2, 0.25) is 0 Å². The van der Waals surface area contributed by atoms with Crippen molar-refractivity contribution >= 4 is 23.3 Å². The summed E-state index contributed by atoms with van der Waals surface area (Å²) in [5, 5.41) is 6.09. The van der Waals surface area contributed by atoms with Crippen LogP contribution in [0.15, 0.2) is 12.1 Å². The molecule has 25 heavy (non-hydrogen) atoms. The number of carbonyl (C=O) groups excluding carboxylic acids is 1. The molecule has 0 spiro atoms. The van der Waals surface area contributed by atoms with E-state index in [9.17, 15) is 18.0 Å². The summed E-state index contributed by atoms with van der Waals surface area (Å²) in [6.07, 6.45) is -2.34. The number of rotatable bonds is 8. The molecule has 1 aromatic rings. The molecule has 0 atom stereocenters. The number of aryl methyl sites for hydroxylation is 1. The third-order valence-electron chi connectivity index (χ3n) is 3.77. The molecule has 4 nitrogen and oxygen atoms in total. The molecular weight excluding hydrogens is 355 g/mol. The fraction of sp³-hybridized carbons (Fsp3) is 0.588. The monoisotopic (exact) mass is 379 g/mol. The van der Waals surface area contributed by atoms with E-state index < -0.39 is 12.7 Å². The lowest BCUT2D eigenvalue weighted by molar-refractivity contribution is -0.143. The summed E-state index contributed by atoms with van der Waals surface area (Å²) in [7, 11) is 1.40. The second-order valence-corrected chi connectivity index (χ2v) is 6.26. The molecule has 1 aromatic carbocycles. The van der Waals surface area contributed by atoms with Gasteiger partial charge in [0.05, 0.1) is 12.2 Å². The van der Waals surface area contributed by atoms with E-state index in [1.54, 1.807) is 0 Å². The molecule has 0 aliphatic rings. The highest BCUT2D eigenvalue weighted by Crippen LogP contribution is 2.29. The number of hydrogen-bond acceptors (Lipinski definition) is 2. The van der Waals surface area contributed by atoms with Gasteiger partial charge in [-0.25, -0.2) is 4.79 Å². The molecule has 0 fully saturated rings. The molecule has 0 aromatic heterocycles. The van der Waals surface area contributed by atoms with Crippen LogP contribution in [0, 0.1) is 0 Å². The number of anilines is 1. The van der Waals surface area contributed by atoms with E-state index >= 15 is 0 Å². The first kappa shape index (κ1) is 21.6. The quantitative estimate of drug-likeness (QED) is 0.654.